The van der Waals surface area contributed by atoms with E-state index >= 15 is 0 Å². The summed E-state index contributed by atoms with van der Waals surface area (Å²) in [7, 11) is 0. The van der Waals surface area contributed by atoms with Crippen LogP contribution >= 0.6 is 0 Å². The largest absolute Gasteiger partial charge is 0.271 e. The van der Waals surface area contributed by atoms with E-state index in [1.54, 1.807) is 35.2 Å². The minimum absolute atomic E-state index is 0.278. The van der Waals surface area contributed by atoms with Gasteiger partial charge < -0.3 is 0 Å². The summed E-state index contributed by atoms with van der Waals surface area (Å²) in [5.41, 5.74) is 5.52. The zero-order valence-electron chi connectivity index (χ0n) is 14.0. The molecule has 0 unspecified atom stereocenters. The average molecular weight is 343 g/mol. The van der Waals surface area contributed by atoms with Crippen LogP contribution in [0.1, 0.15) is 22.3 Å². The van der Waals surface area contributed by atoms with Crippen LogP contribution in [0.4, 0.5) is 0 Å². The van der Waals surface area contributed by atoms with E-state index in [2.05, 4.69) is 21.7 Å². The molecule has 26 heavy (non-hydrogen) atoms. The number of benzene rings is 2. The molecule has 1 N–H and O–H groups in total. The van der Waals surface area contributed by atoms with Crippen LogP contribution < -0.4 is 5.43 Å². The molecular weight excluding hydrogens is 326 g/mol. The highest BCUT2D eigenvalue weighted by Crippen LogP contribution is 2.20. The lowest BCUT2D eigenvalue weighted by atomic mass is 10.1. The first-order valence-corrected chi connectivity index (χ1v) is 8.16. The van der Waals surface area contributed by atoms with E-state index in [9.17, 15) is 4.79 Å². The Morgan fingerprint density at radius 2 is 1.85 bits per heavy atom. The molecular formula is C20H17N5O. The second kappa shape index (κ2) is 8.40. The van der Waals surface area contributed by atoms with Gasteiger partial charge in [0.2, 0.25) is 0 Å². The van der Waals surface area contributed by atoms with Gasteiger partial charge in [0, 0.05) is 22.9 Å². The van der Waals surface area contributed by atoms with Crippen molar-refractivity contribution in [2.24, 2.45) is 5.10 Å². The Bertz CT molecular complexity index is 939. The molecule has 2 aromatic carbocycles. The van der Waals surface area contributed by atoms with Crippen LogP contribution in [0.3, 0.4) is 0 Å². The van der Waals surface area contributed by atoms with Crippen LogP contribution in [-0.2, 0) is 6.54 Å². The first-order valence-electron chi connectivity index (χ1n) is 8.16. The van der Waals surface area contributed by atoms with Gasteiger partial charge in [-0.25, -0.2) is 5.43 Å². The van der Waals surface area contributed by atoms with Gasteiger partial charge in [-0.2, -0.15) is 15.5 Å². The summed E-state index contributed by atoms with van der Waals surface area (Å²) in [5, 5.41) is 17.4. The number of nitrogens with zero attached hydrogens (tertiary/aromatic N) is 4. The molecule has 0 aliphatic carbocycles. The van der Waals surface area contributed by atoms with E-state index in [0.717, 1.165) is 16.8 Å². The van der Waals surface area contributed by atoms with Gasteiger partial charge in [-0.3, -0.25) is 9.48 Å². The number of nitrogens with one attached hydrogen (secondary N) is 1. The average Bonchev–Trinajstić information content (AvgIpc) is 3.10. The van der Waals surface area contributed by atoms with Crippen molar-refractivity contribution < 1.29 is 4.79 Å². The van der Waals surface area contributed by atoms with Crippen molar-refractivity contribution in [3.8, 4) is 17.3 Å². The Morgan fingerprint density at radius 3 is 2.54 bits per heavy atom. The molecule has 0 saturated heterocycles. The van der Waals surface area contributed by atoms with E-state index in [4.69, 9.17) is 5.26 Å². The Hall–Kier alpha value is -3.72. The van der Waals surface area contributed by atoms with Crippen LogP contribution in [-0.4, -0.2) is 21.9 Å². The van der Waals surface area contributed by atoms with Gasteiger partial charge in [0.15, 0.2) is 0 Å². The smallest absolute Gasteiger partial charge is 0.270 e. The number of aryl methyl sites for hydroxylation is 1. The molecule has 1 heterocycles. The summed E-state index contributed by atoms with van der Waals surface area (Å²) in [6, 6.07) is 20.7. The number of amides is 1. The van der Waals surface area contributed by atoms with Crippen molar-refractivity contribution in [3.63, 3.8) is 0 Å². The number of rotatable bonds is 6. The van der Waals surface area contributed by atoms with Gasteiger partial charge in [-0.05, 0) is 12.1 Å². The quantitative estimate of drug-likeness (QED) is 0.551. The van der Waals surface area contributed by atoms with Crippen molar-refractivity contribution in [1.29, 1.82) is 5.26 Å². The van der Waals surface area contributed by atoms with Crippen molar-refractivity contribution in [2.45, 2.75) is 13.0 Å². The third-order valence-electron chi connectivity index (χ3n) is 3.70. The predicted octanol–water partition coefficient (Wildman–Crippen LogP) is 3.23. The third-order valence-corrected chi connectivity index (χ3v) is 3.70. The number of hydrogen-bond donors (Lipinski definition) is 1. The summed E-state index contributed by atoms with van der Waals surface area (Å²) < 4.78 is 1.71. The molecule has 0 spiro atoms. The van der Waals surface area contributed by atoms with E-state index in [-0.39, 0.29) is 5.91 Å². The number of hydrazone groups is 1. The van der Waals surface area contributed by atoms with E-state index in [1.165, 1.54) is 0 Å². The molecule has 0 aliphatic heterocycles. The van der Waals surface area contributed by atoms with E-state index in [1.807, 2.05) is 42.6 Å². The fourth-order valence-corrected chi connectivity index (χ4v) is 2.45. The van der Waals surface area contributed by atoms with Crippen LogP contribution in [0.2, 0.25) is 0 Å². The molecule has 3 aromatic rings. The molecule has 0 radical (unpaired) electrons. The zero-order chi connectivity index (χ0) is 18.2. The number of carbonyl (C=O) groups is 1. The minimum atomic E-state index is -0.278. The summed E-state index contributed by atoms with van der Waals surface area (Å²) >= 11 is 0. The van der Waals surface area contributed by atoms with Crippen molar-refractivity contribution in [3.05, 3.63) is 78.0 Å². The van der Waals surface area contributed by atoms with Crippen LogP contribution in [0, 0.1) is 11.3 Å². The lowest BCUT2D eigenvalue weighted by Gasteiger charge is -1.99. The molecule has 6 nitrogen and oxygen atoms in total. The zero-order valence-corrected chi connectivity index (χ0v) is 14.0. The van der Waals surface area contributed by atoms with Crippen molar-refractivity contribution in [2.75, 3.05) is 0 Å². The Labute approximate surface area is 151 Å². The molecule has 0 bridgehead atoms. The fourth-order valence-electron chi connectivity index (χ4n) is 2.45. The van der Waals surface area contributed by atoms with E-state index in [0.29, 0.717) is 18.5 Å². The fraction of sp³-hybridized carbons (Fsp3) is 0.100. The number of carbonyl (C=O) groups excluding carboxylic acids is 1. The Kier molecular flexibility index (Phi) is 5.53. The maximum atomic E-state index is 12.1. The van der Waals surface area contributed by atoms with Gasteiger partial charge in [0.05, 0.1) is 25.2 Å². The maximum Gasteiger partial charge on any atom is 0.271 e. The summed E-state index contributed by atoms with van der Waals surface area (Å²) in [6.07, 6.45) is 3.76. The van der Waals surface area contributed by atoms with Gasteiger partial charge in [-0.15, -0.1) is 0 Å². The highest BCUT2D eigenvalue weighted by molar-refractivity contribution is 5.95. The lowest BCUT2D eigenvalue weighted by Crippen LogP contribution is -2.17. The molecule has 1 aromatic heterocycles. The Morgan fingerprint density at radius 1 is 1.15 bits per heavy atom. The maximum absolute atomic E-state index is 12.1. The molecule has 3 rings (SSSR count). The molecule has 0 saturated carbocycles. The Balaban J connectivity index is 1.80. The summed E-state index contributed by atoms with van der Waals surface area (Å²) in [5.74, 6) is -0.278. The van der Waals surface area contributed by atoms with Crippen LogP contribution in [0.5, 0.6) is 0 Å². The third kappa shape index (κ3) is 4.22. The molecule has 1 amide bonds. The summed E-state index contributed by atoms with van der Waals surface area (Å²) in [6.45, 7) is 0.501. The monoisotopic (exact) mass is 343 g/mol. The molecule has 0 aliphatic rings. The first-order chi connectivity index (χ1) is 12.8. The molecule has 128 valence electrons. The number of hydrogen-bond acceptors (Lipinski definition) is 4. The first kappa shape index (κ1) is 17.1. The predicted molar refractivity (Wildman–Crippen MR) is 99.4 cm³/mol. The highest BCUT2D eigenvalue weighted by Gasteiger charge is 2.10. The number of nitriles is 1. The van der Waals surface area contributed by atoms with Gasteiger partial charge >= 0.3 is 0 Å². The van der Waals surface area contributed by atoms with Crippen molar-refractivity contribution in [1.82, 2.24) is 15.2 Å². The van der Waals surface area contributed by atoms with Gasteiger partial charge in [0.1, 0.15) is 5.69 Å². The highest BCUT2D eigenvalue weighted by atomic mass is 16.2. The van der Waals surface area contributed by atoms with E-state index < -0.39 is 0 Å². The van der Waals surface area contributed by atoms with Gasteiger partial charge in [-0.1, -0.05) is 48.5 Å². The topological polar surface area (TPSA) is 83.1 Å². The number of aromatic nitrogens is 2. The van der Waals surface area contributed by atoms with Crippen LogP contribution in [0.15, 0.2) is 72.0 Å². The summed E-state index contributed by atoms with van der Waals surface area (Å²) in [4.78, 5) is 12.1. The van der Waals surface area contributed by atoms with Gasteiger partial charge in [0.25, 0.3) is 5.91 Å². The minimum Gasteiger partial charge on any atom is -0.270 e. The SMILES string of the molecule is N#CCCn1cc(/C=N\NC(=O)c2ccccc2)c(-c2ccccc2)n1. The second-order valence-corrected chi connectivity index (χ2v) is 5.54. The van der Waals surface area contributed by atoms with Crippen LogP contribution in [0.25, 0.3) is 11.3 Å². The molecule has 6 heteroatoms. The standard InChI is InChI=1S/C20H17N5O/c21-12-7-13-25-15-18(19(24-25)16-8-3-1-4-9-16)14-22-23-20(26)17-10-5-2-6-11-17/h1-6,8-11,14-15H,7,13H2,(H,23,26)/b22-14-. The molecule has 0 fully saturated rings. The second-order valence-electron chi connectivity index (χ2n) is 5.54. The molecule has 0 atom stereocenters. The van der Waals surface area contributed by atoms with Crippen molar-refractivity contribution >= 4 is 12.1 Å². The normalized spacial score (nSPS) is 10.6. The lowest BCUT2D eigenvalue weighted by molar-refractivity contribution is 0.0955.